The van der Waals surface area contributed by atoms with Gasteiger partial charge in [-0.05, 0) is 18.1 Å². The predicted molar refractivity (Wildman–Crippen MR) is 66.0 cm³/mol. The van der Waals surface area contributed by atoms with Gasteiger partial charge in [0, 0.05) is 18.8 Å². The third kappa shape index (κ3) is 4.21. The molecule has 4 nitrogen and oxygen atoms in total. The normalized spacial score (nSPS) is 9.81. The molecule has 1 rings (SSSR count). The summed E-state index contributed by atoms with van der Waals surface area (Å²) in [6.07, 6.45) is 2.08. The number of hydrogen-bond donors (Lipinski definition) is 3. The third-order valence-corrected chi connectivity index (χ3v) is 2.31. The van der Waals surface area contributed by atoms with Crippen molar-refractivity contribution in [3.8, 4) is 0 Å². The number of urea groups is 1. The van der Waals surface area contributed by atoms with Gasteiger partial charge in [0.05, 0.1) is 0 Å². The van der Waals surface area contributed by atoms with Crippen LogP contribution in [0.25, 0.3) is 0 Å². The second kappa shape index (κ2) is 6.71. The monoisotopic (exact) mass is 221 g/mol. The Hall–Kier alpha value is -1.71. The van der Waals surface area contributed by atoms with E-state index in [1.165, 1.54) is 0 Å². The maximum Gasteiger partial charge on any atom is 0.315 e. The van der Waals surface area contributed by atoms with Crippen LogP contribution in [0.3, 0.4) is 0 Å². The molecule has 0 fully saturated rings. The molecule has 1 aromatic rings. The van der Waals surface area contributed by atoms with Crippen LogP contribution in [0.5, 0.6) is 0 Å². The van der Waals surface area contributed by atoms with Crippen molar-refractivity contribution in [2.24, 2.45) is 0 Å². The molecular formula is C12H19N3O. The zero-order valence-electron chi connectivity index (χ0n) is 9.62. The number of benzene rings is 1. The molecule has 4 heteroatoms. The van der Waals surface area contributed by atoms with Crippen LogP contribution in [0.4, 0.5) is 10.5 Å². The third-order valence-electron chi connectivity index (χ3n) is 2.31. The number of nitrogens with two attached hydrogens (primary N) is 1. The van der Waals surface area contributed by atoms with Crippen molar-refractivity contribution in [1.82, 2.24) is 10.6 Å². The van der Waals surface area contributed by atoms with Crippen molar-refractivity contribution in [1.29, 1.82) is 0 Å². The van der Waals surface area contributed by atoms with E-state index in [2.05, 4.69) is 17.6 Å². The fourth-order valence-electron chi connectivity index (χ4n) is 1.31. The molecule has 0 radical (unpaired) electrons. The standard InChI is InChI=1S/C12H19N3O/c1-2-3-8-14-12(16)15-9-10-6-4-5-7-11(10)13/h4-7H,2-3,8-9,13H2,1H3,(H2,14,15,16). The van der Waals surface area contributed by atoms with Gasteiger partial charge in [0.25, 0.3) is 0 Å². The van der Waals surface area contributed by atoms with Crippen LogP contribution in [-0.4, -0.2) is 12.6 Å². The highest BCUT2D eigenvalue weighted by Gasteiger charge is 2.01. The Bertz CT molecular complexity index is 339. The minimum absolute atomic E-state index is 0.142. The zero-order chi connectivity index (χ0) is 11.8. The van der Waals surface area contributed by atoms with Crippen molar-refractivity contribution in [3.05, 3.63) is 29.8 Å². The highest BCUT2D eigenvalue weighted by atomic mass is 16.2. The van der Waals surface area contributed by atoms with Crippen LogP contribution < -0.4 is 16.4 Å². The lowest BCUT2D eigenvalue weighted by molar-refractivity contribution is 0.240. The average molecular weight is 221 g/mol. The molecule has 0 spiro atoms. The first-order valence-corrected chi connectivity index (χ1v) is 5.59. The lowest BCUT2D eigenvalue weighted by Crippen LogP contribution is -2.35. The summed E-state index contributed by atoms with van der Waals surface area (Å²) >= 11 is 0. The molecule has 2 amide bonds. The second-order valence-corrected chi connectivity index (χ2v) is 3.66. The summed E-state index contributed by atoms with van der Waals surface area (Å²) in [5, 5.41) is 5.55. The first kappa shape index (κ1) is 12.4. The smallest absolute Gasteiger partial charge is 0.315 e. The number of anilines is 1. The van der Waals surface area contributed by atoms with E-state index in [4.69, 9.17) is 5.73 Å². The van der Waals surface area contributed by atoms with Crippen LogP contribution in [0.2, 0.25) is 0 Å². The van der Waals surface area contributed by atoms with Gasteiger partial charge in [-0.25, -0.2) is 4.79 Å². The first-order chi connectivity index (χ1) is 7.74. The summed E-state index contributed by atoms with van der Waals surface area (Å²) in [6, 6.07) is 7.37. The van der Waals surface area contributed by atoms with E-state index in [-0.39, 0.29) is 6.03 Å². The Balaban J connectivity index is 2.29. The maximum atomic E-state index is 11.3. The Morgan fingerprint density at radius 2 is 2.06 bits per heavy atom. The van der Waals surface area contributed by atoms with Crippen LogP contribution in [0, 0.1) is 0 Å². The number of para-hydroxylation sites is 1. The summed E-state index contributed by atoms with van der Waals surface area (Å²) in [5.41, 5.74) is 7.40. The molecule has 0 atom stereocenters. The molecule has 16 heavy (non-hydrogen) atoms. The van der Waals surface area contributed by atoms with E-state index >= 15 is 0 Å². The van der Waals surface area contributed by atoms with Gasteiger partial charge in [-0.15, -0.1) is 0 Å². The first-order valence-electron chi connectivity index (χ1n) is 5.59. The van der Waals surface area contributed by atoms with Crippen LogP contribution in [0.1, 0.15) is 25.3 Å². The Morgan fingerprint density at radius 1 is 1.31 bits per heavy atom. The molecule has 0 aromatic heterocycles. The summed E-state index contributed by atoms with van der Waals surface area (Å²) < 4.78 is 0. The fraction of sp³-hybridized carbons (Fsp3) is 0.417. The Morgan fingerprint density at radius 3 is 2.75 bits per heavy atom. The molecule has 88 valence electrons. The number of unbranched alkanes of at least 4 members (excludes halogenated alkanes) is 1. The molecule has 0 aliphatic heterocycles. The van der Waals surface area contributed by atoms with Gasteiger partial charge < -0.3 is 16.4 Å². The van der Waals surface area contributed by atoms with E-state index in [1.54, 1.807) is 0 Å². The quantitative estimate of drug-likeness (QED) is 0.525. The summed E-state index contributed by atoms with van der Waals surface area (Å²) in [4.78, 5) is 11.3. The topological polar surface area (TPSA) is 67.2 Å². The van der Waals surface area contributed by atoms with Crippen molar-refractivity contribution < 1.29 is 4.79 Å². The largest absolute Gasteiger partial charge is 0.398 e. The molecule has 0 aliphatic rings. The fourth-order valence-corrected chi connectivity index (χ4v) is 1.31. The minimum atomic E-state index is -0.142. The predicted octanol–water partition coefficient (Wildman–Crippen LogP) is 1.87. The summed E-state index contributed by atoms with van der Waals surface area (Å²) in [7, 11) is 0. The van der Waals surface area contributed by atoms with Gasteiger partial charge in [0.1, 0.15) is 0 Å². The van der Waals surface area contributed by atoms with Crippen LogP contribution in [-0.2, 0) is 6.54 Å². The maximum absolute atomic E-state index is 11.3. The minimum Gasteiger partial charge on any atom is -0.398 e. The van der Waals surface area contributed by atoms with E-state index in [0.29, 0.717) is 18.8 Å². The van der Waals surface area contributed by atoms with Gasteiger partial charge in [-0.1, -0.05) is 31.5 Å². The molecule has 0 bridgehead atoms. The highest BCUT2D eigenvalue weighted by Crippen LogP contribution is 2.09. The lowest BCUT2D eigenvalue weighted by Gasteiger charge is -2.08. The molecule has 4 N–H and O–H groups in total. The summed E-state index contributed by atoms with van der Waals surface area (Å²) in [6.45, 7) is 3.27. The van der Waals surface area contributed by atoms with Crippen molar-refractivity contribution in [2.45, 2.75) is 26.3 Å². The Labute approximate surface area is 96.2 Å². The number of hydrogen-bond acceptors (Lipinski definition) is 2. The molecular weight excluding hydrogens is 202 g/mol. The van der Waals surface area contributed by atoms with E-state index in [1.807, 2.05) is 24.3 Å². The lowest BCUT2D eigenvalue weighted by atomic mass is 10.2. The highest BCUT2D eigenvalue weighted by molar-refractivity contribution is 5.74. The average Bonchev–Trinajstić information content (AvgIpc) is 2.28. The molecule has 0 heterocycles. The number of carbonyl (C=O) groups excluding carboxylic acids is 1. The van der Waals surface area contributed by atoms with E-state index in [9.17, 15) is 4.79 Å². The van der Waals surface area contributed by atoms with Crippen molar-refractivity contribution in [3.63, 3.8) is 0 Å². The number of nitrogens with one attached hydrogen (secondary N) is 2. The molecule has 0 aliphatic carbocycles. The van der Waals surface area contributed by atoms with E-state index in [0.717, 1.165) is 18.4 Å². The van der Waals surface area contributed by atoms with Gasteiger partial charge in [-0.2, -0.15) is 0 Å². The second-order valence-electron chi connectivity index (χ2n) is 3.66. The Kier molecular flexibility index (Phi) is 5.19. The zero-order valence-corrected chi connectivity index (χ0v) is 9.62. The van der Waals surface area contributed by atoms with E-state index < -0.39 is 0 Å². The van der Waals surface area contributed by atoms with Gasteiger partial charge in [-0.3, -0.25) is 0 Å². The van der Waals surface area contributed by atoms with Crippen LogP contribution in [0.15, 0.2) is 24.3 Å². The molecule has 0 saturated heterocycles. The van der Waals surface area contributed by atoms with Gasteiger partial charge >= 0.3 is 6.03 Å². The molecule has 1 aromatic carbocycles. The number of amides is 2. The summed E-state index contributed by atoms with van der Waals surface area (Å²) in [5.74, 6) is 0. The molecule has 0 saturated carbocycles. The molecule has 0 unspecified atom stereocenters. The van der Waals surface area contributed by atoms with Crippen molar-refractivity contribution >= 4 is 11.7 Å². The van der Waals surface area contributed by atoms with Crippen LogP contribution >= 0.6 is 0 Å². The number of carbonyl (C=O) groups is 1. The van der Waals surface area contributed by atoms with Gasteiger partial charge in [0.2, 0.25) is 0 Å². The van der Waals surface area contributed by atoms with Crippen molar-refractivity contribution in [2.75, 3.05) is 12.3 Å². The number of rotatable bonds is 5. The SMILES string of the molecule is CCCCNC(=O)NCc1ccccc1N. The van der Waals surface area contributed by atoms with Gasteiger partial charge in [0.15, 0.2) is 0 Å². The number of nitrogen functional groups attached to an aromatic ring is 1.